The lowest BCUT2D eigenvalue weighted by atomic mass is 10.0. The number of ether oxygens (including phenoxy) is 2. The van der Waals surface area contributed by atoms with E-state index in [4.69, 9.17) is 15.2 Å². The van der Waals surface area contributed by atoms with Crippen LogP contribution in [0.1, 0.15) is 43.9 Å². The van der Waals surface area contributed by atoms with Gasteiger partial charge in [-0.1, -0.05) is 60.7 Å². The first kappa shape index (κ1) is 37.2. The first-order chi connectivity index (χ1) is 20.6. The van der Waals surface area contributed by atoms with Crippen LogP contribution in [0.25, 0.3) is 0 Å². The maximum atomic E-state index is 13.9. The summed E-state index contributed by atoms with van der Waals surface area (Å²) in [5.74, 6) is -1.68. The maximum absolute atomic E-state index is 13.9. The minimum atomic E-state index is -1.22. The van der Waals surface area contributed by atoms with E-state index in [1.54, 1.807) is 4.57 Å². The summed E-state index contributed by atoms with van der Waals surface area (Å²) < 4.78 is 12.3. The zero-order chi connectivity index (χ0) is 31.0. The van der Waals surface area contributed by atoms with Crippen molar-refractivity contribution >= 4 is 54.3 Å². The Morgan fingerprint density at radius 3 is 2.31 bits per heavy atom. The Labute approximate surface area is 274 Å². The lowest BCUT2D eigenvalue weighted by Crippen LogP contribution is -2.56. The number of methoxy groups -OCH3 is 1. The first-order valence-electron chi connectivity index (χ1n) is 14.1. The summed E-state index contributed by atoms with van der Waals surface area (Å²) in [5, 5.41) is 5.37. The standard InChI is InChI=1S/C31H38N6O6.2ClH/c1-31(2,32)30(41)34-23(19-43-18-21-11-6-4-7-12-21)27(38)35-25-17-36(20-33-25)26(22-13-8-5-9-14-22)28(39)37-16-10-15-24(37)29(40)42-3;;/h4-9,11-14,17,20,23-24,26H,10,15-16,18-19,32H2,1-3H3,(H,34,41)(H,35,38);2*1H/t23-,24-,26?;;/m0../s1. The highest BCUT2D eigenvalue weighted by Gasteiger charge is 2.39. The summed E-state index contributed by atoms with van der Waals surface area (Å²) in [7, 11) is 1.31. The molecule has 1 aliphatic rings. The topological polar surface area (TPSA) is 158 Å². The van der Waals surface area contributed by atoms with Crippen molar-refractivity contribution in [3.63, 3.8) is 0 Å². The van der Waals surface area contributed by atoms with Crippen LogP contribution in [-0.4, -0.2) is 76.0 Å². The fourth-order valence-electron chi connectivity index (χ4n) is 4.80. The maximum Gasteiger partial charge on any atom is 0.328 e. The van der Waals surface area contributed by atoms with Gasteiger partial charge in [-0.25, -0.2) is 9.78 Å². The summed E-state index contributed by atoms with van der Waals surface area (Å²) in [6.45, 7) is 3.62. The molecule has 1 aliphatic heterocycles. The molecule has 1 unspecified atom stereocenters. The van der Waals surface area contributed by atoms with Gasteiger partial charge in [0.15, 0.2) is 5.82 Å². The Bertz CT molecular complexity index is 1420. The number of esters is 1. The summed E-state index contributed by atoms with van der Waals surface area (Å²) in [6.07, 6.45) is 4.17. The number of hydrogen-bond donors (Lipinski definition) is 3. The predicted molar refractivity (Wildman–Crippen MR) is 173 cm³/mol. The summed E-state index contributed by atoms with van der Waals surface area (Å²) >= 11 is 0. The van der Waals surface area contributed by atoms with E-state index in [1.807, 2.05) is 60.7 Å². The van der Waals surface area contributed by atoms with Crippen molar-refractivity contribution in [2.24, 2.45) is 5.73 Å². The first-order valence-corrected chi connectivity index (χ1v) is 14.1. The van der Waals surface area contributed by atoms with Crippen molar-refractivity contribution in [3.8, 4) is 0 Å². The molecule has 0 saturated carbocycles. The van der Waals surface area contributed by atoms with Crippen molar-refractivity contribution < 1.29 is 28.7 Å². The molecule has 0 radical (unpaired) electrons. The highest BCUT2D eigenvalue weighted by atomic mass is 35.5. The van der Waals surface area contributed by atoms with Crippen molar-refractivity contribution in [1.29, 1.82) is 0 Å². The number of imidazole rings is 1. The van der Waals surface area contributed by atoms with Gasteiger partial charge in [0.2, 0.25) is 5.91 Å². The average molecular weight is 664 g/mol. The largest absolute Gasteiger partial charge is 0.467 e. The van der Waals surface area contributed by atoms with E-state index in [-0.39, 0.29) is 49.8 Å². The van der Waals surface area contributed by atoms with Gasteiger partial charge in [-0.2, -0.15) is 0 Å². The van der Waals surface area contributed by atoms with Gasteiger partial charge >= 0.3 is 5.97 Å². The Balaban J connectivity index is 0.00000353. The molecule has 3 atom stereocenters. The molecular weight excluding hydrogens is 623 g/mol. The second-order valence-corrected chi connectivity index (χ2v) is 11.0. The third kappa shape index (κ3) is 9.76. The van der Waals surface area contributed by atoms with Crippen molar-refractivity contribution in [3.05, 3.63) is 84.3 Å². The molecule has 2 aromatic carbocycles. The van der Waals surface area contributed by atoms with E-state index in [1.165, 1.54) is 38.4 Å². The molecule has 12 nitrogen and oxygen atoms in total. The van der Waals surface area contributed by atoms with Crippen molar-refractivity contribution in [2.75, 3.05) is 25.6 Å². The number of nitrogens with one attached hydrogen (secondary N) is 2. The highest BCUT2D eigenvalue weighted by Crippen LogP contribution is 2.28. The number of halogens is 2. The number of rotatable bonds is 12. The van der Waals surface area contributed by atoms with Gasteiger partial charge in [0, 0.05) is 12.7 Å². The fraction of sp³-hybridized carbons (Fsp3) is 0.387. The van der Waals surface area contributed by atoms with Gasteiger partial charge in [-0.05, 0) is 37.8 Å². The van der Waals surface area contributed by atoms with Gasteiger partial charge in [0.1, 0.15) is 18.1 Å². The number of aromatic nitrogens is 2. The van der Waals surface area contributed by atoms with E-state index in [2.05, 4.69) is 15.6 Å². The quantitative estimate of drug-likeness (QED) is 0.250. The van der Waals surface area contributed by atoms with Crippen LogP contribution < -0.4 is 16.4 Å². The van der Waals surface area contributed by atoms with Gasteiger partial charge in [0.25, 0.3) is 11.8 Å². The molecule has 4 rings (SSSR count). The van der Waals surface area contributed by atoms with Crippen LogP contribution in [0.15, 0.2) is 73.2 Å². The van der Waals surface area contributed by atoms with Gasteiger partial charge < -0.3 is 35.3 Å². The average Bonchev–Trinajstić information content (AvgIpc) is 3.67. The number of hydrogen-bond acceptors (Lipinski definition) is 8. The third-order valence-electron chi connectivity index (χ3n) is 7.11. The SMILES string of the molecule is COC(=O)[C@@H]1CCCN1C(=O)C(c1ccccc1)n1cnc(NC(=O)[C@H](COCc2ccccc2)NC(=O)C(C)(C)N)c1.Cl.Cl. The summed E-state index contributed by atoms with van der Waals surface area (Å²) in [5.41, 5.74) is 6.32. The lowest BCUT2D eigenvalue weighted by molar-refractivity contribution is -0.151. The third-order valence-corrected chi connectivity index (χ3v) is 7.11. The molecule has 14 heteroatoms. The minimum Gasteiger partial charge on any atom is -0.467 e. The second kappa shape index (κ2) is 16.9. The zero-order valence-corrected chi connectivity index (χ0v) is 27.0. The monoisotopic (exact) mass is 662 g/mol. The molecular formula is C31H40Cl2N6O6. The Kier molecular flexibility index (Phi) is 14.0. The lowest BCUT2D eigenvalue weighted by Gasteiger charge is -2.28. The second-order valence-electron chi connectivity index (χ2n) is 11.0. The van der Waals surface area contributed by atoms with E-state index in [9.17, 15) is 19.2 Å². The molecule has 45 heavy (non-hydrogen) atoms. The van der Waals surface area contributed by atoms with E-state index < -0.39 is 41.4 Å². The summed E-state index contributed by atoms with van der Waals surface area (Å²) in [6, 6.07) is 16.0. The van der Waals surface area contributed by atoms with Crippen LogP contribution in [0.4, 0.5) is 5.82 Å². The molecule has 0 aliphatic carbocycles. The highest BCUT2D eigenvalue weighted by molar-refractivity contribution is 5.98. The number of anilines is 1. The minimum absolute atomic E-state index is 0. The number of carbonyl (C=O) groups excluding carboxylic acids is 4. The number of likely N-dealkylation sites (tertiary alicyclic amines) is 1. The molecule has 3 amide bonds. The molecule has 2 heterocycles. The molecule has 3 aromatic rings. The molecule has 0 bridgehead atoms. The predicted octanol–water partition coefficient (Wildman–Crippen LogP) is 2.86. The number of nitrogens with two attached hydrogens (primary N) is 1. The zero-order valence-electron chi connectivity index (χ0n) is 25.4. The van der Waals surface area contributed by atoms with Crippen LogP contribution in [0.5, 0.6) is 0 Å². The van der Waals surface area contributed by atoms with E-state index in [0.29, 0.717) is 24.9 Å². The number of benzene rings is 2. The van der Waals surface area contributed by atoms with Gasteiger partial charge in [-0.15, -0.1) is 24.8 Å². The molecule has 1 fully saturated rings. The van der Waals surface area contributed by atoms with Crippen LogP contribution in [0, 0.1) is 0 Å². The van der Waals surface area contributed by atoms with E-state index >= 15 is 0 Å². The number of carbonyl (C=O) groups is 4. The van der Waals surface area contributed by atoms with Crippen LogP contribution in [0.2, 0.25) is 0 Å². The number of nitrogens with zero attached hydrogens (tertiary/aromatic N) is 3. The fourth-order valence-corrected chi connectivity index (χ4v) is 4.80. The van der Waals surface area contributed by atoms with Crippen LogP contribution in [-0.2, 0) is 35.3 Å². The normalized spacial score (nSPS) is 15.6. The van der Waals surface area contributed by atoms with Crippen molar-refractivity contribution in [2.45, 2.75) is 57.0 Å². The van der Waals surface area contributed by atoms with Crippen molar-refractivity contribution in [1.82, 2.24) is 19.8 Å². The number of amides is 3. The van der Waals surface area contributed by atoms with E-state index in [0.717, 1.165) is 5.56 Å². The Morgan fingerprint density at radius 1 is 1.04 bits per heavy atom. The van der Waals surface area contributed by atoms with Gasteiger partial charge in [0.05, 0.1) is 32.2 Å². The molecule has 1 saturated heterocycles. The smallest absolute Gasteiger partial charge is 0.328 e. The molecule has 4 N–H and O–H groups in total. The molecule has 244 valence electrons. The Hall–Kier alpha value is -3.97. The molecule has 0 spiro atoms. The van der Waals surface area contributed by atoms with Crippen LogP contribution in [0.3, 0.4) is 0 Å². The summed E-state index contributed by atoms with van der Waals surface area (Å²) in [4.78, 5) is 58.1. The molecule has 1 aromatic heterocycles. The Morgan fingerprint density at radius 2 is 1.69 bits per heavy atom. The van der Waals surface area contributed by atoms with Gasteiger partial charge in [-0.3, -0.25) is 14.4 Å². The van der Waals surface area contributed by atoms with Crippen LogP contribution >= 0.6 is 24.8 Å².